The molecular formula is C3H7CuNS2+2. The van der Waals surface area contributed by atoms with E-state index in [4.69, 9.17) is 0 Å². The molecule has 0 aliphatic carbocycles. The Balaban J connectivity index is 0. The molecule has 4 heteroatoms. The maximum Gasteiger partial charge on any atom is 2.00 e. The van der Waals surface area contributed by atoms with Crippen LogP contribution in [0.5, 0.6) is 0 Å². The van der Waals surface area contributed by atoms with E-state index in [1.165, 1.54) is 0 Å². The topological polar surface area (TPSA) is 3.24 Å². The zero-order chi connectivity index (χ0) is 5.15. The van der Waals surface area contributed by atoms with E-state index in [0.717, 1.165) is 0 Å². The van der Waals surface area contributed by atoms with Gasteiger partial charge in [-0.2, -0.15) is 0 Å². The van der Waals surface area contributed by atoms with Crippen molar-refractivity contribution < 1.29 is 17.1 Å². The summed E-state index contributed by atoms with van der Waals surface area (Å²) in [5.74, 6) is 0. The molecule has 0 unspecified atom stereocenters. The van der Waals surface area contributed by atoms with Crippen LogP contribution in [0.1, 0.15) is 0 Å². The Morgan fingerprint density at radius 1 is 1.57 bits per heavy atom. The van der Waals surface area contributed by atoms with Gasteiger partial charge in [-0.15, -0.1) is 12.6 Å². The first kappa shape index (κ1) is 10.7. The molecule has 0 aromatic carbocycles. The number of nitrogens with zero attached hydrogens (tertiary/aromatic N) is 1. The van der Waals surface area contributed by atoms with Crippen molar-refractivity contribution in [1.82, 2.24) is 4.90 Å². The fraction of sp³-hybridized carbons (Fsp3) is 0.667. The second kappa shape index (κ2) is 4.91. The van der Waals surface area contributed by atoms with Gasteiger partial charge in [-0.05, 0) is 0 Å². The average molecular weight is 185 g/mol. The van der Waals surface area contributed by atoms with E-state index in [1.54, 1.807) is 4.90 Å². The van der Waals surface area contributed by atoms with Crippen molar-refractivity contribution in [2.45, 2.75) is 0 Å². The summed E-state index contributed by atoms with van der Waals surface area (Å²) in [4.78, 5) is 1.76. The minimum Gasteiger partial charge on any atom is -0.364 e. The summed E-state index contributed by atoms with van der Waals surface area (Å²) < 4.78 is 0.620. The van der Waals surface area contributed by atoms with E-state index < -0.39 is 0 Å². The molecule has 7 heavy (non-hydrogen) atoms. The third kappa shape index (κ3) is 6.76. The molecule has 0 spiro atoms. The second-order valence-electron chi connectivity index (χ2n) is 1.18. The van der Waals surface area contributed by atoms with Crippen LogP contribution < -0.4 is 0 Å². The van der Waals surface area contributed by atoms with Gasteiger partial charge in [-0.1, -0.05) is 12.2 Å². The van der Waals surface area contributed by atoms with Gasteiger partial charge in [0.05, 0.1) is 0 Å². The van der Waals surface area contributed by atoms with Crippen LogP contribution >= 0.6 is 24.8 Å². The summed E-state index contributed by atoms with van der Waals surface area (Å²) in [6.45, 7) is 0. The minimum atomic E-state index is 0. The number of thiocarbonyl (C=S) groups is 1. The molecule has 0 N–H and O–H groups in total. The van der Waals surface area contributed by atoms with Gasteiger partial charge in [0.25, 0.3) is 0 Å². The molecule has 0 atom stereocenters. The first-order valence-electron chi connectivity index (χ1n) is 1.55. The molecule has 0 saturated carbocycles. The molecule has 0 saturated heterocycles. The third-order valence-corrected chi connectivity index (χ3v) is 1.15. The summed E-state index contributed by atoms with van der Waals surface area (Å²) in [6.07, 6.45) is 0. The second-order valence-corrected chi connectivity index (χ2v) is 2.29. The van der Waals surface area contributed by atoms with Crippen LogP contribution in [0.4, 0.5) is 0 Å². The van der Waals surface area contributed by atoms with Crippen LogP contribution in [-0.4, -0.2) is 23.3 Å². The zero-order valence-corrected chi connectivity index (χ0v) is 6.76. The zero-order valence-electron chi connectivity index (χ0n) is 4.10. The van der Waals surface area contributed by atoms with E-state index in [2.05, 4.69) is 24.8 Å². The molecule has 0 bridgehead atoms. The molecule has 0 aromatic rings. The van der Waals surface area contributed by atoms with Crippen LogP contribution in [0, 0.1) is 0 Å². The predicted octanol–water partition coefficient (Wildman–Crippen LogP) is 0.760. The van der Waals surface area contributed by atoms with Crippen molar-refractivity contribution in [3.05, 3.63) is 0 Å². The van der Waals surface area contributed by atoms with Gasteiger partial charge < -0.3 is 4.90 Å². The third-order valence-electron chi connectivity index (χ3n) is 0.383. The van der Waals surface area contributed by atoms with E-state index in [9.17, 15) is 0 Å². The van der Waals surface area contributed by atoms with Gasteiger partial charge in [-0.3, -0.25) is 0 Å². The van der Waals surface area contributed by atoms with Gasteiger partial charge in [0.15, 0.2) is 0 Å². The van der Waals surface area contributed by atoms with E-state index in [0.29, 0.717) is 4.32 Å². The maximum absolute atomic E-state index is 4.61. The van der Waals surface area contributed by atoms with Crippen LogP contribution in [0.2, 0.25) is 0 Å². The Morgan fingerprint density at radius 3 is 1.71 bits per heavy atom. The molecule has 45 valence electrons. The maximum atomic E-state index is 4.61. The Kier molecular flexibility index (Phi) is 7.49. The van der Waals surface area contributed by atoms with Gasteiger partial charge in [0.1, 0.15) is 4.32 Å². The number of hydrogen-bond donors (Lipinski definition) is 1. The summed E-state index contributed by atoms with van der Waals surface area (Å²) >= 11 is 8.46. The van der Waals surface area contributed by atoms with Crippen LogP contribution in [-0.2, 0) is 17.1 Å². The molecular weight excluding hydrogens is 178 g/mol. The quantitative estimate of drug-likeness (QED) is 0.337. The Morgan fingerprint density at radius 2 is 1.71 bits per heavy atom. The Bertz CT molecular complexity index is 64.0. The number of hydrogen-bond acceptors (Lipinski definition) is 1. The molecule has 0 heterocycles. The van der Waals surface area contributed by atoms with Crippen molar-refractivity contribution >= 4 is 29.2 Å². The molecule has 0 rings (SSSR count). The Hall–Kier alpha value is 0.759. The molecule has 1 nitrogen and oxygen atoms in total. The fourth-order valence-corrected chi connectivity index (χ4v) is 0. The van der Waals surface area contributed by atoms with Crippen molar-refractivity contribution in [2.75, 3.05) is 14.1 Å². The predicted molar refractivity (Wildman–Crippen MR) is 35.3 cm³/mol. The average Bonchev–Trinajstić information content (AvgIpc) is 1.36. The molecule has 1 radical (unpaired) electrons. The SMILES string of the molecule is CN(C)C(=S)S.[Cu+2]. The molecule has 0 amide bonds. The molecule has 0 aromatic heterocycles. The van der Waals surface area contributed by atoms with E-state index >= 15 is 0 Å². The molecule has 0 aliphatic heterocycles. The summed E-state index contributed by atoms with van der Waals surface area (Å²) in [5, 5.41) is 0. The monoisotopic (exact) mass is 184 g/mol. The van der Waals surface area contributed by atoms with Gasteiger partial charge in [-0.25, -0.2) is 0 Å². The van der Waals surface area contributed by atoms with Crippen molar-refractivity contribution in [3.8, 4) is 0 Å². The van der Waals surface area contributed by atoms with Crippen molar-refractivity contribution in [3.63, 3.8) is 0 Å². The smallest absolute Gasteiger partial charge is 0.364 e. The number of thiol groups is 1. The first-order valence-corrected chi connectivity index (χ1v) is 2.40. The van der Waals surface area contributed by atoms with E-state index in [-0.39, 0.29) is 17.1 Å². The Labute approximate surface area is 65.3 Å². The number of rotatable bonds is 0. The first-order chi connectivity index (χ1) is 2.64. The van der Waals surface area contributed by atoms with Gasteiger partial charge in [0, 0.05) is 14.1 Å². The van der Waals surface area contributed by atoms with E-state index in [1.807, 2.05) is 14.1 Å². The normalized spacial score (nSPS) is 6.71. The summed E-state index contributed by atoms with van der Waals surface area (Å²) in [6, 6.07) is 0. The molecule has 0 fully saturated rings. The summed E-state index contributed by atoms with van der Waals surface area (Å²) in [5.41, 5.74) is 0. The van der Waals surface area contributed by atoms with Crippen LogP contribution in [0.3, 0.4) is 0 Å². The summed E-state index contributed by atoms with van der Waals surface area (Å²) in [7, 11) is 3.71. The van der Waals surface area contributed by atoms with Crippen molar-refractivity contribution in [1.29, 1.82) is 0 Å². The van der Waals surface area contributed by atoms with Gasteiger partial charge in [0.2, 0.25) is 0 Å². The van der Waals surface area contributed by atoms with Crippen LogP contribution in [0.15, 0.2) is 0 Å². The largest absolute Gasteiger partial charge is 2.00 e. The van der Waals surface area contributed by atoms with Gasteiger partial charge >= 0.3 is 17.1 Å². The minimum absolute atomic E-state index is 0. The van der Waals surface area contributed by atoms with Crippen molar-refractivity contribution in [2.24, 2.45) is 0 Å². The van der Waals surface area contributed by atoms with Crippen LogP contribution in [0.25, 0.3) is 0 Å². The fourth-order valence-electron chi connectivity index (χ4n) is 0. The molecule has 0 aliphatic rings. The standard InChI is InChI=1S/C3H7NS2.Cu/c1-4(2)3(5)6;/h1-2H3,(H,5,6);/q;+2.